The van der Waals surface area contributed by atoms with Gasteiger partial charge in [-0.15, -0.1) is 0 Å². The Morgan fingerprint density at radius 3 is 2.69 bits per heavy atom. The van der Waals surface area contributed by atoms with Crippen LogP contribution in [0.3, 0.4) is 0 Å². The van der Waals surface area contributed by atoms with E-state index >= 15 is 0 Å². The summed E-state index contributed by atoms with van der Waals surface area (Å²) in [5.41, 5.74) is 5.81. The van der Waals surface area contributed by atoms with E-state index in [1.807, 2.05) is 0 Å². The summed E-state index contributed by atoms with van der Waals surface area (Å²) in [6.07, 6.45) is 7.98. The van der Waals surface area contributed by atoms with Crippen LogP contribution in [-0.4, -0.2) is 0 Å². The molecule has 3 rings (SSSR count). The van der Waals surface area contributed by atoms with Crippen LogP contribution in [0.4, 0.5) is 0 Å². The molecule has 0 heterocycles. The first kappa shape index (κ1) is 9.65. The molecule has 1 aromatic rings. The third kappa shape index (κ3) is 1.55. The largest absolute Gasteiger partial charge is 0.0952 e. The SMILES string of the molecule is C=C1CC(c2ccccc2)CC2=C1C=CC2. The molecule has 0 radical (unpaired) electrons. The van der Waals surface area contributed by atoms with Gasteiger partial charge in [0.2, 0.25) is 0 Å². The van der Waals surface area contributed by atoms with Gasteiger partial charge < -0.3 is 0 Å². The molecule has 1 atom stereocenters. The summed E-state index contributed by atoms with van der Waals surface area (Å²) in [5, 5.41) is 0. The van der Waals surface area contributed by atoms with E-state index in [0.29, 0.717) is 5.92 Å². The van der Waals surface area contributed by atoms with Crippen LogP contribution in [0.15, 0.2) is 65.8 Å². The fourth-order valence-corrected chi connectivity index (χ4v) is 2.85. The van der Waals surface area contributed by atoms with E-state index in [0.717, 1.165) is 12.8 Å². The van der Waals surface area contributed by atoms with Gasteiger partial charge in [-0.05, 0) is 41.9 Å². The summed E-state index contributed by atoms with van der Waals surface area (Å²) >= 11 is 0. The van der Waals surface area contributed by atoms with Gasteiger partial charge in [-0.25, -0.2) is 0 Å². The maximum absolute atomic E-state index is 4.22. The molecule has 16 heavy (non-hydrogen) atoms. The molecule has 0 aromatic heterocycles. The van der Waals surface area contributed by atoms with Gasteiger partial charge in [0.25, 0.3) is 0 Å². The Bertz CT molecular complexity index is 474. The Hall–Kier alpha value is -1.56. The van der Waals surface area contributed by atoms with E-state index in [-0.39, 0.29) is 0 Å². The van der Waals surface area contributed by atoms with Crippen molar-refractivity contribution < 1.29 is 0 Å². The van der Waals surface area contributed by atoms with Crippen molar-refractivity contribution in [1.82, 2.24) is 0 Å². The van der Waals surface area contributed by atoms with Crippen LogP contribution in [0.5, 0.6) is 0 Å². The third-order valence-corrected chi connectivity index (χ3v) is 3.67. The number of rotatable bonds is 1. The number of allylic oxidation sites excluding steroid dienone is 5. The first-order chi connectivity index (χ1) is 7.84. The van der Waals surface area contributed by atoms with Crippen molar-refractivity contribution in [3.05, 3.63) is 71.3 Å². The molecule has 2 aliphatic carbocycles. The number of benzene rings is 1. The molecule has 0 aliphatic heterocycles. The smallest absolute Gasteiger partial charge is 0.00838 e. The van der Waals surface area contributed by atoms with Gasteiger partial charge in [0.1, 0.15) is 0 Å². The minimum absolute atomic E-state index is 0.646. The Morgan fingerprint density at radius 2 is 1.88 bits per heavy atom. The van der Waals surface area contributed by atoms with Crippen LogP contribution in [-0.2, 0) is 0 Å². The maximum atomic E-state index is 4.22. The molecule has 0 bridgehead atoms. The molecule has 0 nitrogen and oxygen atoms in total. The van der Waals surface area contributed by atoms with Crippen molar-refractivity contribution in [2.75, 3.05) is 0 Å². The highest BCUT2D eigenvalue weighted by molar-refractivity contribution is 5.50. The molecule has 1 aromatic carbocycles. The lowest BCUT2D eigenvalue weighted by Crippen LogP contribution is -2.08. The average molecular weight is 208 g/mol. The van der Waals surface area contributed by atoms with Crippen molar-refractivity contribution in [3.63, 3.8) is 0 Å². The van der Waals surface area contributed by atoms with Crippen LogP contribution in [0.2, 0.25) is 0 Å². The standard InChI is InChI=1S/C16H16/c1-12-10-15(13-6-3-2-4-7-13)11-14-8-5-9-16(12)14/h2-7,9,15H,1,8,10-11H2. The zero-order valence-corrected chi connectivity index (χ0v) is 9.45. The Balaban J connectivity index is 1.90. The fourth-order valence-electron chi connectivity index (χ4n) is 2.85. The van der Waals surface area contributed by atoms with Crippen molar-refractivity contribution in [3.8, 4) is 0 Å². The number of hydrogen-bond donors (Lipinski definition) is 0. The van der Waals surface area contributed by atoms with Gasteiger partial charge in [0, 0.05) is 0 Å². The van der Waals surface area contributed by atoms with Crippen LogP contribution in [0.1, 0.15) is 30.7 Å². The quantitative estimate of drug-likeness (QED) is 0.642. The molecule has 0 saturated carbocycles. The fraction of sp³-hybridized carbons (Fsp3) is 0.250. The molecule has 2 aliphatic rings. The van der Waals surface area contributed by atoms with Gasteiger partial charge >= 0.3 is 0 Å². The highest BCUT2D eigenvalue weighted by atomic mass is 14.3. The van der Waals surface area contributed by atoms with E-state index < -0.39 is 0 Å². The Kier molecular flexibility index (Phi) is 2.28. The van der Waals surface area contributed by atoms with Gasteiger partial charge in [-0.1, -0.05) is 54.6 Å². The van der Waals surface area contributed by atoms with E-state index in [9.17, 15) is 0 Å². The molecule has 80 valence electrons. The minimum atomic E-state index is 0.646. The zero-order chi connectivity index (χ0) is 11.0. The summed E-state index contributed by atoms with van der Waals surface area (Å²) in [5.74, 6) is 0.646. The van der Waals surface area contributed by atoms with Crippen LogP contribution in [0, 0.1) is 0 Å². The summed E-state index contributed by atoms with van der Waals surface area (Å²) in [6.45, 7) is 4.22. The van der Waals surface area contributed by atoms with Crippen LogP contribution < -0.4 is 0 Å². The predicted octanol–water partition coefficient (Wildman–Crippen LogP) is 4.38. The second-order valence-electron chi connectivity index (χ2n) is 4.74. The van der Waals surface area contributed by atoms with Crippen molar-refractivity contribution >= 4 is 0 Å². The van der Waals surface area contributed by atoms with E-state index in [1.165, 1.54) is 23.1 Å². The van der Waals surface area contributed by atoms with Crippen molar-refractivity contribution in [2.45, 2.75) is 25.2 Å². The summed E-state index contributed by atoms with van der Waals surface area (Å²) < 4.78 is 0. The average Bonchev–Trinajstić information content (AvgIpc) is 2.79. The maximum Gasteiger partial charge on any atom is -0.00838 e. The van der Waals surface area contributed by atoms with E-state index in [2.05, 4.69) is 49.1 Å². The second kappa shape index (κ2) is 3.79. The van der Waals surface area contributed by atoms with Gasteiger partial charge in [0.05, 0.1) is 0 Å². The lowest BCUT2D eigenvalue weighted by Gasteiger charge is -2.26. The molecular formula is C16H16. The second-order valence-corrected chi connectivity index (χ2v) is 4.74. The topological polar surface area (TPSA) is 0 Å². The monoisotopic (exact) mass is 208 g/mol. The summed E-state index contributed by atoms with van der Waals surface area (Å²) in [4.78, 5) is 0. The molecule has 0 saturated heterocycles. The summed E-state index contributed by atoms with van der Waals surface area (Å²) in [6, 6.07) is 10.8. The molecule has 0 heteroatoms. The lowest BCUT2D eigenvalue weighted by molar-refractivity contribution is 0.646. The van der Waals surface area contributed by atoms with Crippen LogP contribution in [0.25, 0.3) is 0 Å². The zero-order valence-electron chi connectivity index (χ0n) is 9.45. The highest BCUT2D eigenvalue weighted by Gasteiger charge is 2.24. The minimum Gasteiger partial charge on any atom is -0.0952 e. The first-order valence-corrected chi connectivity index (χ1v) is 5.96. The van der Waals surface area contributed by atoms with E-state index in [1.54, 1.807) is 5.57 Å². The molecular weight excluding hydrogens is 192 g/mol. The van der Waals surface area contributed by atoms with Gasteiger partial charge in [-0.3, -0.25) is 0 Å². The first-order valence-electron chi connectivity index (χ1n) is 5.96. The molecule has 0 spiro atoms. The Labute approximate surface area is 97.0 Å². The molecule has 1 unspecified atom stereocenters. The molecule has 0 amide bonds. The third-order valence-electron chi connectivity index (χ3n) is 3.67. The van der Waals surface area contributed by atoms with Crippen LogP contribution >= 0.6 is 0 Å². The predicted molar refractivity (Wildman–Crippen MR) is 68.3 cm³/mol. The molecule has 0 N–H and O–H groups in total. The van der Waals surface area contributed by atoms with Crippen molar-refractivity contribution in [2.24, 2.45) is 0 Å². The van der Waals surface area contributed by atoms with Gasteiger partial charge in [-0.2, -0.15) is 0 Å². The normalized spacial score (nSPS) is 23.8. The number of hydrogen-bond acceptors (Lipinski definition) is 0. The van der Waals surface area contributed by atoms with Gasteiger partial charge in [0.15, 0.2) is 0 Å². The highest BCUT2D eigenvalue weighted by Crippen LogP contribution is 2.42. The lowest BCUT2D eigenvalue weighted by atomic mass is 9.79. The van der Waals surface area contributed by atoms with E-state index in [4.69, 9.17) is 0 Å². The Morgan fingerprint density at radius 1 is 1.06 bits per heavy atom. The molecule has 0 fully saturated rings. The summed E-state index contributed by atoms with van der Waals surface area (Å²) in [7, 11) is 0. The van der Waals surface area contributed by atoms with Crippen molar-refractivity contribution in [1.29, 1.82) is 0 Å².